The molecule has 2 aromatic rings. The molecule has 1 atom stereocenters. The van der Waals surface area contributed by atoms with Crippen LogP contribution in [0.2, 0.25) is 0 Å². The minimum Gasteiger partial charge on any atom is -0.460 e. The van der Waals surface area contributed by atoms with Gasteiger partial charge in [-0.15, -0.1) is 0 Å². The van der Waals surface area contributed by atoms with Gasteiger partial charge in [0.25, 0.3) is 0 Å². The fourth-order valence-corrected chi connectivity index (χ4v) is 4.43. The van der Waals surface area contributed by atoms with Gasteiger partial charge in [0.15, 0.2) is 0 Å². The molecule has 1 N–H and O–H groups in total. The van der Waals surface area contributed by atoms with Crippen molar-refractivity contribution in [2.24, 2.45) is 11.0 Å². The molecule has 0 radical (unpaired) electrons. The van der Waals surface area contributed by atoms with E-state index in [1.165, 1.54) is 10.5 Å². The lowest BCUT2D eigenvalue weighted by Gasteiger charge is -2.30. The van der Waals surface area contributed by atoms with E-state index in [0.717, 1.165) is 5.76 Å². The summed E-state index contributed by atoms with van der Waals surface area (Å²) < 4.78 is 32.1. The van der Waals surface area contributed by atoms with Crippen LogP contribution >= 0.6 is 0 Å². The maximum absolute atomic E-state index is 12.7. The Morgan fingerprint density at radius 3 is 2.73 bits per heavy atom. The van der Waals surface area contributed by atoms with Crippen molar-refractivity contribution >= 4 is 22.1 Å². The molecule has 1 fully saturated rings. The Labute approximate surface area is 152 Å². The van der Waals surface area contributed by atoms with Crippen molar-refractivity contribution in [3.05, 3.63) is 54.0 Å². The Bertz CT molecular complexity index is 890. The number of hydrogen-bond acceptors (Lipinski definition) is 5. The topological polar surface area (TPSA) is 92.0 Å². The van der Waals surface area contributed by atoms with Crippen LogP contribution < -0.4 is 5.43 Å². The number of hydrazone groups is 1. The minimum absolute atomic E-state index is 0.151. The number of benzene rings is 1. The van der Waals surface area contributed by atoms with Crippen molar-refractivity contribution in [2.45, 2.75) is 24.7 Å². The van der Waals surface area contributed by atoms with Crippen molar-refractivity contribution < 1.29 is 17.6 Å². The third kappa shape index (κ3) is 4.20. The van der Waals surface area contributed by atoms with Gasteiger partial charge >= 0.3 is 0 Å². The van der Waals surface area contributed by atoms with E-state index in [1.807, 2.05) is 6.92 Å². The highest BCUT2D eigenvalue weighted by Gasteiger charge is 2.33. The predicted octanol–water partition coefficient (Wildman–Crippen LogP) is 2.14. The quantitative estimate of drug-likeness (QED) is 0.640. The minimum atomic E-state index is -3.59. The number of hydrogen-bond donors (Lipinski definition) is 1. The Kier molecular flexibility index (Phi) is 5.53. The van der Waals surface area contributed by atoms with Crippen LogP contribution in [-0.4, -0.2) is 37.9 Å². The number of furan rings is 1. The van der Waals surface area contributed by atoms with E-state index in [1.54, 1.807) is 42.5 Å². The van der Waals surface area contributed by atoms with Gasteiger partial charge in [-0.05, 0) is 44.0 Å². The lowest BCUT2D eigenvalue weighted by molar-refractivity contribution is -0.126. The van der Waals surface area contributed by atoms with Crippen LogP contribution in [0.5, 0.6) is 0 Å². The summed E-state index contributed by atoms with van der Waals surface area (Å²) in [6.07, 6.45) is 2.68. The number of aryl methyl sites for hydroxylation is 1. The van der Waals surface area contributed by atoms with Crippen molar-refractivity contribution in [2.75, 3.05) is 13.1 Å². The van der Waals surface area contributed by atoms with Crippen molar-refractivity contribution in [1.29, 1.82) is 0 Å². The second-order valence-electron chi connectivity index (χ2n) is 6.20. The summed E-state index contributed by atoms with van der Waals surface area (Å²) >= 11 is 0. The lowest BCUT2D eigenvalue weighted by atomic mass is 9.99. The second kappa shape index (κ2) is 7.84. The van der Waals surface area contributed by atoms with Gasteiger partial charge in [0.05, 0.1) is 17.0 Å². The highest BCUT2D eigenvalue weighted by atomic mass is 32.2. The maximum Gasteiger partial charge on any atom is 0.244 e. The highest BCUT2D eigenvalue weighted by Crippen LogP contribution is 2.23. The molecule has 1 aliphatic rings. The van der Waals surface area contributed by atoms with E-state index in [0.29, 0.717) is 25.1 Å². The Morgan fingerprint density at radius 1 is 1.27 bits per heavy atom. The van der Waals surface area contributed by atoms with Gasteiger partial charge in [0, 0.05) is 13.1 Å². The Hall–Kier alpha value is -2.45. The molecule has 138 valence electrons. The van der Waals surface area contributed by atoms with E-state index in [-0.39, 0.29) is 17.3 Å². The Morgan fingerprint density at radius 2 is 2.04 bits per heavy atom. The van der Waals surface area contributed by atoms with E-state index < -0.39 is 15.9 Å². The zero-order valence-corrected chi connectivity index (χ0v) is 15.3. The number of piperidine rings is 1. The largest absolute Gasteiger partial charge is 0.460 e. The fraction of sp³-hybridized carbons (Fsp3) is 0.333. The van der Waals surface area contributed by atoms with E-state index in [2.05, 4.69) is 10.5 Å². The third-order valence-corrected chi connectivity index (χ3v) is 6.14. The third-order valence-electron chi connectivity index (χ3n) is 4.26. The average Bonchev–Trinajstić information content (AvgIpc) is 3.07. The summed E-state index contributed by atoms with van der Waals surface area (Å²) in [6.45, 7) is 2.38. The zero-order valence-electron chi connectivity index (χ0n) is 14.5. The zero-order chi connectivity index (χ0) is 18.6. The first kappa shape index (κ1) is 18.3. The van der Waals surface area contributed by atoms with Crippen LogP contribution in [0.15, 0.2) is 56.9 Å². The number of carbonyl (C=O) groups excluding carboxylic acids is 1. The monoisotopic (exact) mass is 375 g/mol. The fourth-order valence-electron chi connectivity index (χ4n) is 2.89. The lowest BCUT2D eigenvalue weighted by Crippen LogP contribution is -2.44. The number of rotatable bonds is 5. The van der Waals surface area contributed by atoms with Gasteiger partial charge in [-0.3, -0.25) is 4.79 Å². The highest BCUT2D eigenvalue weighted by molar-refractivity contribution is 7.89. The van der Waals surface area contributed by atoms with Crippen LogP contribution in [0.25, 0.3) is 0 Å². The second-order valence-corrected chi connectivity index (χ2v) is 8.14. The van der Waals surface area contributed by atoms with Crippen LogP contribution in [0.4, 0.5) is 0 Å². The molecule has 1 unspecified atom stereocenters. The molecular weight excluding hydrogens is 354 g/mol. The van der Waals surface area contributed by atoms with Gasteiger partial charge in [-0.1, -0.05) is 18.2 Å². The molecule has 3 rings (SSSR count). The molecule has 7 nitrogen and oxygen atoms in total. The maximum atomic E-state index is 12.7. The molecule has 1 aromatic carbocycles. The summed E-state index contributed by atoms with van der Waals surface area (Å²) in [5.41, 5.74) is 2.47. The molecule has 0 aliphatic carbocycles. The van der Waals surface area contributed by atoms with Crippen molar-refractivity contribution in [1.82, 2.24) is 9.73 Å². The summed E-state index contributed by atoms with van der Waals surface area (Å²) in [7, 11) is -3.59. The van der Waals surface area contributed by atoms with Gasteiger partial charge in [-0.2, -0.15) is 9.41 Å². The van der Waals surface area contributed by atoms with Crippen molar-refractivity contribution in [3.8, 4) is 0 Å². The first-order valence-electron chi connectivity index (χ1n) is 8.41. The smallest absolute Gasteiger partial charge is 0.244 e. The van der Waals surface area contributed by atoms with E-state index in [9.17, 15) is 13.2 Å². The van der Waals surface area contributed by atoms with E-state index >= 15 is 0 Å². The number of nitrogens with one attached hydrogen (secondary N) is 1. The molecule has 1 aromatic heterocycles. The molecule has 1 amide bonds. The molecule has 1 saturated heterocycles. The molecule has 2 heterocycles. The van der Waals surface area contributed by atoms with Gasteiger partial charge in [-0.25, -0.2) is 13.8 Å². The molecule has 0 spiro atoms. The van der Waals surface area contributed by atoms with Crippen LogP contribution in [0.1, 0.15) is 24.4 Å². The molecular formula is C18H21N3O4S. The summed E-state index contributed by atoms with van der Waals surface area (Å²) in [5, 5.41) is 3.89. The van der Waals surface area contributed by atoms with Crippen LogP contribution in [-0.2, 0) is 14.8 Å². The molecule has 8 heteroatoms. The van der Waals surface area contributed by atoms with Gasteiger partial charge < -0.3 is 4.42 Å². The van der Waals surface area contributed by atoms with E-state index in [4.69, 9.17) is 4.42 Å². The standard InChI is InChI=1S/C18H21N3O4S/c1-14-9-10-16(25-14)12-19-20-18(22)15-6-5-11-21(13-15)26(23,24)17-7-3-2-4-8-17/h2-4,7-10,12,15H,5-6,11,13H2,1H3,(H,20,22)/b19-12+. The van der Waals surface area contributed by atoms with Crippen molar-refractivity contribution in [3.63, 3.8) is 0 Å². The van der Waals surface area contributed by atoms with Crippen LogP contribution in [0, 0.1) is 12.8 Å². The first-order valence-corrected chi connectivity index (χ1v) is 9.85. The van der Waals surface area contributed by atoms with Gasteiger partial charge in [0.2, 0.25) is 15.9 Å². The summed E-state index contributed by atoms with van der Waals surface area (Å²) in [6, 6.07) is 11.8. The SMILES string of the molecule is Cc1ccc(/C=N/NC(=O)C2CCCN(S(=O)(=O)c3ccccc3)C2)o1. The first-order chi connectivity index (χ1) is 12.5. The number of nitrogens with zero attached hydrogens (tertiary/aromatic N) is 2. The molecule has 0 saturated carbocycles. The molecule has 1 aliphatic heterocycles. The van der Waals surface area contributed by atoms with Gasteiger partial charge in [0.1, 0.15) is 11.5 Å². The summed E-state index contributed by atoms with van der Waals surface area (Å²) in [5.74, 6) is 0.571. The number of carbonyl (C=O) groups is 1. The number of sulfonamides is 1. The normalized spacial score (nSPS) is 18.9. The predicted molar refractivity (Wildman–Crippen MR) is 97.1 cm³/mol. The average molecular weight is 375 g/mol. The molecule has 26 heavy (non-hydrogen) atoms. The Balaban J connectivity index is 1.62. The van der Waals surface area contributed by atoms with Crippen LogP contribution in [0.3, 0.4) is 0 Å². The molecule has 0 bridgehead atoms. The number of amides is 1. The summed E-state index contributed by atoms with van der Waals surface area (Å²) in [4.78, 5) is 12.6.